The van der Waals surface area contributed by atoms with Gasteiger partial charge in [-0.2, -0.15) is 0 Å². The van der Waals surface area contributed by atoms with Gasteiger partial charge in [0, 0.05) is 40.3 Å². The van der Waals surface area contributed by atoms with Gasteiger partial charge in [-0.3, -0.25) is 9.69 Å². The minimum atomic E-state index is -0.0000888. The maximum absolute atomic E-state index is 11.9. The molecular formula is C20H33N5O3. The van der Waals surface area contributed by atoms with Crippen molar-refractivity contribution in [2.45, 2.75) is 13.5 Å². The monoisotopic (exact) mass is 391 g/mol. The predicted molar refractivity (Wildman–Crippen MR) is 111 cm³/mol. The summed E-state index contributed by atoms with van der Waals surface area (Å²) in [5.74, 6) is 1.45. The molecule has 0 atom stereocenters. The summed E-state index contributed by atoms with van der Waals surface area (Å²) in [6, 6.07) is 6.05. The fourth-order valence-electron chi connectivity index (χ4n) is 2.85. The number of carbonyl (C=O) groups excluding carboxylic acids is 1. The number of morpholine rings is 1. The van der Waals surface area contributed by atoms with Gasteiger partial charge >= 0.3 is 0 Å². The second kappa shape index (κ2) is 11.5. The number of hydrogen-bond donors (Lipinski definition) is 2. The Hall–Kier alpha value is -2.32. The third-order valence-electron chi connectivity index (χ3n) is 4.50. The number of likely N-dealkylation sites (N-methyl/N-ethyl adjacent to an activating group) is 1. The molecule has 0 radical (unpaired) electrons. The number of nitrogens with one attached hydrogen (secondary N) is 2. The van der Waals surface area contributed by atoms with Crippen LogP contribution < -0.4 is 15.4 Å². The number of hydrogen-bond acceptors (Lipinski definition) is 5. The second-order valence-electron chi connectivity index (χ2n) is 7.05. The van der Waals surface area contributed by atoms with Crippen LogP contribution in [-0.2, 0) is 16.1 Å². The Morgan fingerprint density at radius 1 is 1.25 bits per heavy atom. The average Bonchev–Trinajstić information content (AvgIpc) is 2.69. The molecule has 8 heteroatoms. The van der Waals surface area contributed by atoms with Gasteiger partial charge < -0.3 is 25.0 Å². The summed E-state index contributed by atoms with van der Waals surface area (Å²) in [6.07, 6.45) is 0. The first-order valence-electron chi connectivity index (χ1n) is 9.65. The lowest BCUT2D eigenvalue weighted by atomic mass is 10.1. The Balaban J connectivity index is 1.96. The highest BCUT2D eigenvalue weighted by atomic mass is 16.5. The molecule has 156 valence electrons. The molecule has 2 rings (SSSR count). The van der Waals surface area contributed by atoms with Crippen molar-refractivity contribution >= 4 is 11.9 Å². The first kappa shape index (κ1) is 22.0. The summed E-state index contributed by atoms with van der Waals surface area (Å²) in [7, 11) is 5.15. The van der Waals surface area contributed by atoms with Gasteiger partial charge in [-0.1, -0.05) is 6.07 Å². The third-order valence-corrected chi connectivity index (χ3v) is 4.50. The molecular weight excluding hydrogens is 358 g/mol. The molecule has 28 heavy (non-hydrogen) atoms. The number of aryl methyl sites for hydroxylation is 1. The maximum atomic E-state index is 11.9. The van der Waals surface area contributed by atoms with Crippen molar-refractivity contribution in [3.8, 4) is 5.75 Å². The quantitative estimate of drug-likeness (QED) is 0.495. The van der Waals surface area contributed by atoms with Crippen molar-refractivity contribution < 1.29 is 14.3 Å². The molecule has 0 bridgehead atoms. The molecule has 8 nitrogen and oxygen atoms in total. The number of methoxy groups -OCH3 is 1. The van der Waals surface area contributed by atoms with Crippen LogP contribution in [0.5, 0.6) is 5.75 Å². The molecule has 1 saturated heterocycles. The molecule has 0 aromatic heterocycles. The van der Waals surface area contributed by atoms with Crippen LogP contribution in [0.4, 0.5) is 0 Å². The van der Waals surface area contributed by atoms with E-state index in [1.807, 2.05) is 19.1 Å². The number of nitrogens with zero attached hydrogens (tertiary/aromatic N) is 3. The fourth-order valence-corrected chi connectivity index (χ4v) is 2.85. The molecule has 1 aromatic rings. The molecule has 0 unspecified atom stereocenters. The van der Waals surface area contributed by atoms with Gasteiger partial charge in [0.05, 0.1) is 33.4 Å². The molecule has 1 aliphatic rings. The number of ether oxygens (including phenoxy) is 2. The molecule has 1 aliphatic heterocycles. The molecule has 0 spiro atoms. The minimum Gasteiger partial charge on any atom is -0.497 e. The van der Waals surface area contributed by atoms with E-state index in [1.165, 1.54) is 0 Å². The normalized spacial score (nSPS) is 15.2. The fraction of sp³-hybridized carbons (Fsp3) is 0.600. The zero-order valence-electron chi connectivity index (χ0n) is 17.5. The molecule has 1 heterocycles. The van der Waals surface area contributed by atoms with Gasteiger partial charge in [0.25, 0.3) is 0 Å². The minimum absolute atomic E-state index is 0.0000888. The van der Waals surface area contributed by atoms with E-state index in [4.69, 9.17) is 9.47 Å². The van der Waals surface area contributed by atoms with Crippen molar-refractivity contribution in [3.05, 3.63) is 29.3 Å². The van der Waals surface area contributed by atoms with Crippen LogP contribution >= 0.6 is 0 Å². The SMILES string of the molecule is COc1cc(C)cc(CN=C(NCCN2CCOCC2)NCC(=O)N(C)C)c1. The van der Waals surface area contributed by atoms with Crippen LogP contribution in [0.1, 0.15) is 11.1 Å². The number of guanidine groups is 1. The van der Waals surface area contributed by atoms with Crippen molar-refractivity contribution in [2.24, 2.45) is 4.99 Å². The highest BCUT2D eigenvalue weighted by molar-refractivity contribution is 5.86. The van der Waals surface area contributed by atoms with E-state index < -0.39 is 0 Å². The number of benzene rings is 1. The van der Waals surface area contributed by atoms with E-state index in [2.05, 4.69) is 26.6 Å². The third kappa shape index (κ3) is 7.74. The Morgan fingerprint density at radius 3 is 2.68 bits per heavy atom. The topological polar surface area (TPSA) is 78.4 Å². The van der Waals surface area contributed by atoms with Crippen molar-refractivity contribution in [1.29, 1.82) is 0 Å². The van der Waals surface area contributed by atoms with Gasteiger partial charge in [0.15, 0.2) is 5.96 Å². The smallest absolute Gasteiger partial charge is 0.241 e. The molecule has 1 fully saturated rings. The number of carbonyl (C=O) groups is 1. The lowest BCUT2D eigenvalue weighted by Gasteiger charge is -2.26. The van der Waals surface area contributed by atoms with Gasteiger partial charge in [0.2, 0.25) is 5.91 Å². The first-order chi connectivity index (χ1) is 13.5. The summed E-state index contributed by atoms with van der Waals surface area (Å²) < 4.78 is 10.7. The van der Waals surface area contributed by atoms with Crippen LogP contribution in [0.2, 0.25) is 0 Å². The van der Waals surface area contributed by atoms with E-state index in [1.54, 1.807) is 26.1 Å². The van der Waals surface area contributed by atoms with E-state index in [9.17, 15) is 4.79 Å². The molecule has 1 aromatic carbocycles. The Labute approximate surface area is 167 Å². The van der Waals surface area contributed by atoms with Crippen LogP contribution in [0.3, 0.4) is 0 Å². The largest absolute Gasteiger partial charge is 0.497 e. The molecule has 1 amide bonds. The summed E-state index contributed by atoms with van der Waals surface area (Å²) in [4.78, 5) is 20.5. The van der Waals surface area contributed by atoms with Gasteiger partial charge in [-0.05, 0) is 30.2 Å². The lowest BCUT2D eigenvalue weighted by Crippen LogP contribution is -2.46. The van der Waals surface area contributed by atoms with Crippen molar-refractivity contribution in [1.82, 2.24) is 20.4 Å². The van der Waals surface area contributed by atoms with E-state index in [0.29, 0.717) is 12.5 Å². The predicted octanol–water partition coefficient (Wildman–Crippen LogP) is 0.459. The highest BCUT2D eigenvalue weighted by Gasteiger charge is 2.11. The van der Waals surface area contributed by atoms with Crippen LogP contribution in [-0.4, -0.2) is 88.8 Å². The van der Waals surface area contributed by atoms with E-state index in [-0.39, 0.29) is 12.5 Å². The Kier molecular flexibility index (Phi) is 9.03. The van der Waals surface area contributed by atoms with Gasteiger partial charge in [0.1, 0.15) is 5.75 Å². The van der Waals surface area contributed by atoms with Gasteiger partial charge in [-0.25, -0.2) is 4.99 Å². The Morgan fingerprint density at radius 2 is 2.00 bits per heavy atom. The summed E-state index contributed by atoms with van der Waals surface area (Å²) in [6.45, 7) is 7.86. The molecule has 2 N–H and O–H groups in total. The standard InChI is InChI=1S/C20H33N5O3/c1-16-11-17(13-18(12-16)27-4)14-22-20(23-15-19(26)24(2)3)21-5-6-25-7-9-28-10-8-25/h11-13H,5-10,14-15H2,1-4H3,(H2,21,22,23). The lowest BCUT2D eigenvalue weighted by molar-refractivity contribution is -0.127. The summed E-state index contributed by atoms with van der Waals surface area (Å²) in [5, 5.41) is 6.45. The number of rotatable bonds is 8. The Bertz CT molecular complexity index is 657. The van der Waals surface area contributed by atoms with Crippen LogP contribution in [0, 0.1) is 6.92 Å². The van der Waals surface area contributed by atoms with Gasteiger partial charge in [-0.15, -0.1) is 0 Å². The highest BCUT2D eigenvalue weighted by Crippen LogP contribution is 2.16. The zero-order chi connectivity index (χ0) is 20.4. The van der Waals surface area contributed by atoms with Crippen LogP contribution in [0.15, 0.2) is 23.2 Å². The molecule has 0 aliphatic carbocycles. The summed E-state index contributed by atoms with van der Waals surface area (Å²) >= 11 is 0. The molecule has 0 saturated carbocycles. The summed E-state index contributed by atoms with van der Waals surface area (Å²) in [5.41, 5.74) is 2.19. The first-order valence-corrected chi connectivity index (χ1v) is 9.65. The second-order valence-corrected chi connectivity index (χ2v) is 7.05. The zero-order valence-corrected chi connectivity index (χ0v) is 17.5. The van der Waals surface area contributed by atoms with Crippen molar-refractivity contribution in [3.63, 3.8) is 0 Å². The van der Waals surface area contributed by atoms with E-state index in [0.717, 1.165) is 56.3 Å². The average molecular weight is 392 g/mol. The van der Waals surface area contributed by atoms with Crippen molar-refractivity contribution in [2.75, 3.05) is 67.1 Å². The van der Waals surface area contributed by atoms with Crippen LogP contribution in [0.25, 0.3) is 0 Å². The number of amides is 1. The maximum Gasteiger partial charge on any atom is 0.241 e. The number of aliphatic imine (C=N–C) groups is 1. The van der Waals surface area contributed by atoms with E-state index >= 15 is 0 Å².